The van der Waals surface area contributed by atoms with E-state index in [1.165, 1.54) is 0 Å². The molecule has 12 N–H and O–H groups in total. The van der Waals surface area contributed by atoms with E-state index in [-0.39, 0.29) is 72.7 Å². The Morgan fingerprint density at radius 2 is 1.22 bits per heavy atom. The van der Waals surface area contributed by atoms with E-state index in [1.807, 2.05) is 0 Å². The highest BCUT2D eigenvalue weighted by atomic mass is 32.1. The highest BCUT2D eigenvalue weighted by molar-refractivity contribution is 7.80. The Hall–Kier alpha value is -3.32. The monoisotopic (exact) mass is 776 g/mol. The van der Waals surface area contributed by atoms with Crippen LogP contribution in [0.25, 0.3) is 0 Å². The maximum absolute atomic E-state index is 13.4. The van der Waals surface area contributed by atoms with Gasteiger partial charge in [0.15, 0.2) is 5.78 Å². The molecule has 0 radical (unpaired) electrons. The Labute approximate surface area is 325 Å². The first-order chi connectivity index (χ1) is 25.9. The van der Waals surface area contributed by atoms with Gasteiger partial charge in [0, 0.05) is 102 Å². The molecule has 4 amide bonds. The summed E-state index contributed by atoms with van der Waals surface area (Å²) in [6.07, 6.45) is 3.89. The number of phenols is 1. The van der Waals surface area contributed by atoms with E-state index in [2.05, 4.69) is 67.4 Å². The minimum atomic E-state index is -0.806. The zero-order valence-corrected chi connectivity index (χ0v) is 32.7. The van der Waals surface area contributed by atoms with Crippen LogP contribution in [0.5, 0.6) is 5.75 Å². The van der Waals surface area contributed by atoms with Crippen LogP contribution in [0.15, 0.2) is 24.3 Å². The van der Waals surface area contributed by atoms with Gasteiger partial charge in [-0.25, -0.2) is 0 Å². The molecule has 0 aliphatic carbocycles. The summed E-state index contributed by atoms with van der Waals surface area (Å²) in [6, 6.07) is 4.96. The molecule has 3 rings (SSSR count). The summed E-state index contributed by atoms with van der Waals surface area (Å²) in [7, 11) is 0. The van der Waals surface area contributed by atoms with Crippen LogP contribution in [0.4, 0.5) is 0 Å². The fourth-order valence-electron chi connectivity index (χ4n) is 6.56. The normalized spacial score (nSPS) is 22.4. The molecule has 2 atom stereocenters. The van der Waals surface area contributed by atoms with Crippen molar-refractivity contribution in [1.82, 2.24) is 47.9 Å². The average molecular weight is 777 g/mol. The molecule has 1 aromatic carbocycles. The third-order valence-corrected chi connectivity index (χ3v) is 10.1. The number of carbonyl (C=O) groups excluding carboxylic acids is 5. The summed E-state index contributed by atoms with van der Waals surface area (Å²) < 4.78 is 0. The molecule has 1 unspecified atom stereocenters. The summed E-state index contributed by atoms with van der Waals surface area (Å²) in [4.78, 5) is 63.3. The first-order valence-electron chi connectivity index (χ1n) is 19.4. The lowest BCUT2D eigenvalue weighted by Crippen LogP contribution is -2.70. The molecule has 0 spiro atoms. The fraction of sp³-hybridized carbons (Fsp3) is 0.703. The van der Waals surface area contributed by atoms with Gasteiger partial charge in [-0.2, -0.15) is 12.6 Å². The van der Waals surface area contributed by atoms with Crippen molar-refractivity contribution in [3.05, 3.63) is 29.8 Å². The van der Waals surface area contributed by atoms with E-state index < -0.39 is 23.7 Å². The number of rotatable bonds is 19. The molecule has 2 bridgehead atoms. The number of hydrogen-bond acceptors (Lipinski definition) is 13. The van der Waals surface area contributed by atoms with Gasteiger partial charge in [0.2, 0.25) is 23.6 Å². The summed E-state index contributed by atoms with van der Waals surface area (Å²) >= 11 is 4.03. The van der Waals surface area contributed by atoms with Crippen molar-refractivity contribution < 1.29 is 29.1 Å². The number of ketones is 1. The molecule has 2 aliphatic rings. The number of nitrogens with one attached hydrogen (secondary N) is 9. The lowest BCUT2D eigenvalue weighted by molar-refractivity contribution is -0.128. The molecule has 2 fully saturated rings. The molecule has 1 aromatic rings. The van der Waals surface area contributed by atoms with Crippen molar-refractivity contribution >= 4 is 42.0 Å². The molecule has 0 saturated carbocycles. The number of phenolic OH excluding ortho intramolecular Hbond substituents is 1. The molecular weight excluding hydrogens is 713 g/mol. The number of primary amides is 1. The molecule has 2 heterocycles. The van der Waals surface area contributed by atoms with Gasteiger partial charge in [-0.05, 0) is 50.3 Å². The van der Waals surface area contributed by atoms with E-state index in [4.69, 9.17) is 5.73 Å². The molecule has 2 aliphatic heterocycles. The smallest absolute Gasteiger partial charge is 0.240 e. The Balaban J connectivity index is 1.50. The third kappa shape index (κ3) is 17.4. The van der Waals surface area contributed by atoms with Crippen LogP contribution < -0.4 is 53.6 Å². The Morgan fingerprint density at radius 1 is 0.704 bits per heavy atom. The van der Waals surface area contributed by atoms with Gasteiger partial charge in [0.25, 0.3) is 0 Å². The predicted molar refractivity (Wildman–Crippen MR) is 212 cm³/mol. The van der Waals surface area contributed by atoms with Gasteiger partial charge in [0.1, 0.15) is 17.5 Å². The number of hydrogen-bond donors (Lipinski definition) is 12. The molecule has 16 nitrogen and oxygen atoms in total. The Kier molecular flexibility index (Phi) is 20.2. The maximum atomic E-state index is 13.4. The second kappa shape index (κ2) is 24.2. The highest BCUT2D eigenvalue weighted by Crippen LogP contribution is 2.15. The van der Waals surface area contributed by atoms with Crippen LogP contribution in [-0.4, -0.2) is 129 Å². The van der Waals surface area contributed by atoms with Crippen molar-refractivity contribution in [2.24, 2.45) is 5.73 Å². The third-order valence-electron chi connectivity index (χ3n) is 9.71. The first-order valence-corrected chi connectivity index (χ1v) is 20.0. The standard InChI is InChI=1S/C37H64N10O6S/c1-36-23-39-15-17-41-25-37(44-20-19-43-36,26-42-18-16-40-24-36)47-34(52)10-6-9-33(51)45-29(21-27-11-13-28(48)14-12-27)31(49)7-4-2-3-5-8-32(50)46-30(22-54)35(38)53/h11-14,29-30,39-44,48,54H,2-10,15-26H2,1H3,(H2,38,53)(H,45,51)(H,46,50)(H,47,52)/t29-,30?,36?,37?/m0/s1. The number of fused-ring (bicyclic) bond motifs is 5. The van der Waals surface area contributed by atoms with E-state index in [0.717, 1.165) is 51.4 Å². The predicted octanol–water partition coefficient (Wildman–Crippen LogP) is -1.46. The zero-order valence-electron chi connectivity index (χ0n) is 31.8. The van der Waals surface area contributed by atoms with E-state index in [9.17, 15) is 29.1 Å². The first kappa shape index (κ1) is 45.1. The fourth-order valence-corrected chi connectivity index (χ4v) is 6.83. The average Bonchev–Trinajstić information content (AvgIpc) is 3.13. The number of carbonyl (C=O) groups is 5. The van der Waals surface area contributed by atoms with Crippen molar-refractivity contribution in [2.75, 3.05) is 71.2 Å². The van der Waals surface area contributed by atoms with E-state index in [0.29, 0.717) is 51.7 Å². The SMILES string of the molecule is CC12CNCCNCC(NC(=O)CCCC(=O)N[C@@H](Cc3ccc(O)cc3)C(=O)CCCCCCC(=O)NC(CS)C(N)=O)(CNCCNC1)NCCN2. The number of nitrogens with two attached hydrogens (primary N) is 1. The Bertz CT molecular complexity index is 1320. The van der Waals surface area contributed by atoms with Crippen molar-refractivity contribution in [3.63, 3.8) is 0 Å². The van der Waals surface area contributed by atoms with Crippen LogP contribution in [-0.2, 0) is 30.4 Å². The molecule has 2 saturated heterocycles. The largest absolute Gasteiger partial charge is 0.508 e. The van der Waals surface area contributed by atoms with Gasteiger partial charge >= 0.3 is 0 Å². The van der Waals surface area contributed by atoms with Crippen LogP contribution in [0.1, 0.15) is 70.3 Å². The highest BCUT2D eigenvalue weighted by Gasteiger charge is 2.32. The lowest BCUT2D eigenvalue weighted by atomic mass is 9.98. The van der Waals surface area contributed by atoms with Gasteiger partial charge in [-0.1, -0.05) is 25.0 Å². The number of unbranched alkanes of at least 4 members (excludes halogenated alkanes) is 3. The molecule has 0 aromatic heterocycles. The van der Waals surface area contributed by atoms with Gasteiger partial charge < -0.3 is 53.4 Å². The zero-order chi connectivity index (χ0) is 39.2. The van der Waals surface area contributed by atoms with E-state index >= 15 is 0 Å². The van der Waals surface area contributed by atoms with E-state index in [1.54, 1.807) is 24.3 Å². The second-order valence-corrected chi connectivity index (χ2v) is 15.0. The van der Waals surface area contributed by atoms with Gasteiger partial charge in [0.05, 0.1) is 6.04 Å². The number of amides is 4. The summed E-state index contributed by atoms with van der Waals surface area (Å²) in [5, 5.41) is 39.7. The second-order valence-electron chi connectivity index (χ2n) is 14.7. The van der Waals surface area contributed by atoms with Gasteiger partial charge in [-0.15, -0.1) is 0 Å². The molecule has 304 valence electrons. The number of thiol groups is 1. The lowest BCUT2D eigenvalue weighted by Gasteiger charge is -2.39. The molecular formula is C37H64N10O6S. The minimum absolute atomic E-state index is 0.0788. The van der Waals surface area contributed by atoms with Crippen molar-refractivity contribution in [1.29, 1.82) is 0 Å². The van der Waals surface area contributed by atoms with Crippen LogP contribution in [0, 0.1) is 0 Å². The van der Waals surface area contributed by atoms with Crippen molar-refractivity contribution in [3.8, 4) is 5.75 Å². The number of Topliss-reactive ketones (excluding diaryl/α,β-unsaturated/α-hetero) is 1. The van der Waals surface area contributed by atoms with Crippen LogP contribution >= 0.6 is 12.6 Å². The quantitative estimate of drug-likeness (QED) is 0.0570. The molecule has 54 heavy (non-hydrogen) atoms. The summed E-state index contributed by atoms with van der Waals surface area (Å²) in [5.41, 5.74) is 5.19. The molecule has 17 heteroatoms. The topological polar surface area (TPSA) is 240 Å². The van der Waals surface area contributed by atoms with Crippen LogP contribution in [0.3, 0.4) is 0 Å². The van der Waals surface area contributed by atoms with Crippen LogP contribution in [0.2, 0.25) is 0 Å². The van der Waals surface area contributed by atoms with Gasteiger partial charge in [-0.3, -0.25) is 29.3 Å². The number of benzene rings is 1. The summed E-state index contributed by atoms with van der Waals surface area (Å²) in [5.74, 6) is -1.26. The Morgan fingerprint density at radius 3 is 1.81 bits per heavy atom. The number of aromatic hydroxyl groups is 1. The summed E-state index contributed by atoms with van der Waals surface area (Å²) in [6.45, 7) is 9.32. The van der Waals surface area contributed by atoms with Crippen molar-refractivity contribution in [2.45, 2.75) is 94.4 Å². The maximum Gasteiger partial charge on any atom is 0.240 e. The minimum Gasteiger partial charge on any atom is -0.508 e.